The number of aromatic nitrogens is 4. The van der Waals surface area contributed by atoms with Gasteiger partial charge in [0, 0.05) is 37.5 Å². The van der Waals surface area contributed by atoms with E-state index in [1.807, 2.05) is 11.8 Å². The quantitative estimate of drug-likeness (QED) is 0.857. The minimum absolute atomic E-state index is 0.0248. The molecule has 1 saturated heterocycles. The Morgan fingerprint density at radius 2 is 2.12 bits per heavy atom. The Labute approximate surface area is 140 Å². The van der Waals surface area contributed by atoms with Crippen molar-refractivity contribution in [2.75, 3.05) is 13.1 Å². The molecule has 1 amide bonds. The standard InChI is InChI=1S/C17H21N5O2/c1-2-14-20-16(21-24-14)12-4-3-9-22(10-12)17(23)13-7-8-18-15(19-13)11-5-6-11/h7-8,11-12H,2-6,9-10H2,1H3. The minimum atomic E-state index is -0.0248. The number of nitrogens with zero attached hydrogens (tertiary/aromatic N) is 5. The molecule has 126 valence electrons. The van der Waals surface area contributed by atoms with Gasteiger partial charge in [-0.15, -0.1) is 0 Å². The van der Waals surface area contributed by atoms with Crippen LogP contribution in [0.2, 0.25) is 0 Å². The van der Waals surface area contributed by atoms with Crippen LogP contribution in [0.25, 0.3) is 0 Å². The first-order chi connectivity index (χ1) is 11.7. The third-order valence-electron chi connectivity index (χ3n) is 4.70. The van der Waals surface area contributed by atoms with E-state index in [0.29, 0.717) is 29.9 Å². The summed E-state index contributed by atoms with van der Waals surface area (Å²) in [6.45, 7) is 3.35. The van der Waals surface area contributed by atoms with Crippen molar-refractivity contribution < 1.29 is 9.32 Å². The topological polar surface area (TPSA) is 85.0 Å². The fourth-order valence-corrected chi connectivity index (χ4v) is 3.14. The van der Waals surface area contributed by atoms with E-state index in [2.05, 4.69) is 20.1 Å². The first kappa shape index (κ1) is 15.2. The van der Waals surface area contributed by atoms with E-state index < -0.39 is 0 Å². The Balaban J connectivity index is 1.48. The molecule has 3 heterocycles. The highest BCUT2D eigenvalue weighted by molar-refractivity contribution is 5.92. The Morgan fingerprint density at radius 1 is 1.25 bits per heavy atom. The summed E-state index contributed by atoms with van der Waals surface area (Å²) in [5, 5.41) is 4.07. The lowest BCUT2D eigenvalue weighted by atomic mass is 9.97. The van der Waals surface area contributed by atoms with E-state index in [9.17, 15) is 4.79 Å². The maximum Gasteiger partial charge on any atom is 0.272 e. The van der Waals surface area contributed by atoms with Gasteiger partial charge in [-0.25, -0.2) is 9.97 Å². The molecule has 7 nitrogen and oxygen atoms in total. The van der Waals surface area contributed by atoms with Crippen molar-refractivity contribution in [2.24, 2.45) is 0 Å². The van der Waals surface area contributed by atoms with Crippen molar-refractivity contribution in [2.45, 2.75) is 50.9 Å². The molecule has 0 aromatic carbocycles. The molecule has 1 atom stereocenters. The van der Waals surface area contributed by atoms with Crippen LogP contribution in [0.4, 0.5) is 0 Å². The van der Waals surface area contributed by atoms with Crippen LogP contribution in [0.15, 0.2) is 16.8 Å². The Bertz CT molecular complexity index is 740. The largest absolute Gasteiger partial charge is 0.339 e. The van der Waals surface area contributed by atoms with Gasteiger partial charge in [0.25, 0.3) is 5.91 Å². The van der Waals surface area contributed by atoms with Gasteiger partial charge in [-0.2, -0.15) is 4.98 Å². The number of rotatable bonds is 4. The van der Waals surface area contributed by atoms with Crippen LogP contribution in [0.5, 0.6) is 0 Å². The van der Waals surface area contributed by atoms with Crippen molar-refractivity contribution in [1.29, 1.82) is 0 Å². The first-order valence-electron chi connectivity index (χ1n) is 8.69. The van der Waals surface area contributed by atoms with Gasteiger partial charge in [-0.3, -0.25) is 4.79 Å². The van der Waals surface area contributed by atoms with Crippen LogP contribution in [0, 0.1) is 0 Å². The van der Waals surface area contributed by atoms with E-state index in [0.717, 1.165) is 44.5 Å². The molecule has 1 unspecified atom stereocenters. The van der Waals surface area contributed by atoms with Crippen LogP contribution in [0.1, 0.15) is 72.5 Å². The van der Waals surface area contributed by atoms with E-state index in [-0.39, 0.29) is 11.8 Å². The number of carbonyl (C=O) groups excluding carboxylic acids is 1. The van der Waals surface area contributed by atoms with Crippen molar-refractivity contribution in [1.82, 2.24) is 25.0 Å². The summed E-state index contributed by atoms with van der Waals surface area (Å²) < 4.78 is 5.21. The molecule has 7 heteroatoms. The van der Waals surface area contributed by atoms with Gasteiger partial charge in [-0.1, -0.05) is 12.1 Å². The van der Waals surface area contributed by atoms with E-state index in [1.165, 1.54) is 0 Å². The number of piperidine rings is 1. The second kappa shape index (κ2) is 6.30. The predicted molar refractivity (Wildman–Crippen MR) is 85.6 cm³/mol. The highest BCUT2D eigenvalue weighted by atomic mass is 16.5. The normalized spacial score (nSPS) is 21.0. The maximum atomic E-state index is 12.8. The summed E-state index contributed by atoms with van der Waals surface area (Å²) >= 11 is 0. The summed E-state index contributed by atoms with van der Waals surface area (Å²) in [5.74, 6) is 2.72. The van der Waals surface area contributed by atoms with Gasteiger partial charge in [-0.05, 0) is 31.7 Å². The number of carbonyl (C=O) groups is 1. The molecule has 0 bridgehead atoms. The van der Waals surface area contributed by atoms with Crippen molar-refractivity contribution in [3.8, 4) is 0 Å². The first-order valence-corrected chi connectivity index (χ1v) is 8.69. The molecule has 4 rings (SSSR count). The van der Waals surface area contributed by atoms with Gasteiger partial charge < -0.3 is 9.42 Å². The summed E-state index contributed by atoms with van der Waals surface area (Å²) in [6, 6.07) is 1.71. The molecule has 0 radical (unpaired) electrons. The molecular formula is C17H21N5O2. The molecule has 0 N–H and O–H groups in total. The number of aryl methyl sites for hydroxylation is 1. The van der Waals surface area contributed by atoms with Crippen molar-refractivity contribution in [3.63, 3.8) is 0 Å². The van der Waals surface area contributed by atoms with Crippen LogP contribution in [-0.2, 0) is 6.42 Å². The molecule has 0 spiro atoms. The van der Waals surface area contributed by atoms with Crippen molar-refractivity contribution in [3.05, 3.63) is 35.5 Å². The van der Waals surface area contributed by atoms with Crippen molar-refractivity contribution >= 4 is 5.91 Å². The highest BCUT2D eigenvalue weighted by Gasteiger charge is 2.31. The Hall–Kier alpha value is -2.31. The lowest BCUT2D eigenvalue weighted by Crippen LogP contribution is -2.39. The van der Waals surface area contributed by atoms with Crippen LogP contribution in [-0.4, -0.2) is 44.0 Å². The van der Waals surface area contributed by atoms with E-state index in [1.54, 1.807) is 12.3 Å². The number of likely N-dealkylation sites (tertiary alicyclic amines) is 1. The minimum Gasteiger partial charge on any atom is -0.339 e. The Morgan fingerprint density at radius 3 is 2.88 bits per heavy atom. The van der Waals surface area contributed by atoms with Crippen LogP contribution < -0.4 is 0 Å². The van der Waals surface area contributed by atoms with Gasteiger partial charge in [0.1, 0.15) is 11.5 Å². The third-order valence-corrected chi connectivity index (χ3v) is 4.70. The molecule has 24 heavy (non-hydrogen) atoms. The maximum absolute atomic E-state index is 12.8. The second-order valence-corrected chi connectivity index (χ2v) is 6.56. The van der Waals surface area contributed by atoms with Crippen LogP contribution >= 0.6 is 0 Å². The SMILES string of the molecule is CCc1nc(C2CCCN(C(=O)c3ccnc(C4CC4)n3)C2)no1. The van der Waals surface area contributed by atoms with E-state index in [4.69, 9.17) is 4.52 Å². The monoisotopic (exact) mass is 327 g/mol. The predicted octanol–water partition coefficient (Wildman–Crippen LogP) is 2.32. The molecule has 1 saturated carbocycles. The average molecular weight is 327 g/mol. The fraction of sp³-hybridized carbons (Fsp3) is 0.588. The number of hydrogen-bond acceptors (Lipinski definition) is 6. The highest BCUT2D eigenvalue weighted by Crippen LogP contribution is 2.37. The van der Waals surface area contributed by atoms with Crippen LogP contribution in [0.3, 0.4) is 0 Å². The molecule has 2 aromatic rings. The Kier molecular flexibility index (Phi) is 4.00. The zero-order valence-electron chi connectivity index (χ0n) is 13.8. The molecular weight excluding hydrogens is 306 g/mol. The number of amides is 1. The van der Waals surface area contributed by atoms with Gasteiger partial charge in [0.15, 0.2) is 5.82 Å². The zero-order chi connectivity index (χ0) is 16.5. The van der Waals surface area contributed by atoms with E-state index >= 15 is 0 Å². The van der Waals surface area contributed by atoms with Gasteiger partial charge >= 0.3 is 0 Å². The fourth-order valence-electron chi connectivity index (χ4n) is 3.14. The molecule has 1 aliphatic heterocycles. The van der Waals surface area contributed by atoms with Gasteiger partial charge in [0.05, 0.1) is 0 Å². The smallest absolute Gasteiger partial charge is 0.272 e. The molecule has 1 aliphatic carbocycles. The lowest BCUT2D eigenvalue weighted by Gasteiger charge is -2.31. The summed E-state index contributed by atoms with van der Waals surface area (Å²) in [7, 11) is 0. The summed E-state index contributed by atoms with van der Waals surface area (Å²) in [4.78, 5) is 27.8. The third kappa shape index (κ3) is 3.02. The molecule has 2 aromatic heterocycles. The summed E-state index contributed by atoms with van der Waals surface area (Å²) in [6.07, 6.45) is 6.59. The zero-order valence-corrected chi connectivity index (χ0v) is 13.8. The second-order valence-electron chi connectivity index (χ2n) is 6.56. The summed E-state index contributed by atoms with van der Waals surface area (Å²) in [5.41, 5.74) is 0.495. The molecule has 2 fully saturated rings. The average Bonchev–Trinajstić information content (AvgIpc) is 3.38. The van der Waals surface area contributed by atoms with Gasteiger partial charge in [0.2, 0.25) is 5.89 Å². The number of hydrogen-bond donors (Lipinski definition) is 0. The lowest BCUT2D eigenvalue weighted by molar-refractivity contribution is 0.0697. The molecule has 2 aliphatic rings.